The number of fused-ring (bicyclic) bond motifs is 1. The minimum atomic E-state index is -0.841. The number of ether oxygens (including phenoxy) is 2. The lowest BCUT2D eigenvalue weighted by molar-refractivity contribution is -0.138. The van der Waals surface area contributed by atoms with Crippen LogP contribution in [-0.2, 0) is 9.53 Å². The van der Waals surface area contributed by atoms with Crippen molar-refractivity contribution >= 4 is 34.3 Å². The van der Waals surface area contributed by atoms with E-state index < -0.39 is 5.97 Å². The van der Waals surface area contributed by atoms with Crippen LogP contribution in [0.4, 0.5) is 5.82 Å². The number of halogens is 1. The highest BCUT2D eigenvalue weighted by Crippen LogP contribution is 2.36. The lowest BCUT2D eigenvalue weighted by atomic mass is 10.0. The van der Waals surface area contributed by atoms with Crippen molar-refractivity contribution in [2.75, 3.05) is 38.3 Å². The summed E-state index contributed by atoms with van der Waals surface area (Å²) in [7, 11) is 1.59. The summed E-state index contributed by atoms with van der Waals surface area (Å²) in [5, 5.41) is 10.2. The van der Waals surface area contributed by atoms with E-state index in [0.29, 0.717) is 28.8 Å². The zero-order chi connectivity index (χ0) is 22.5. The van der Waals surface area contributed by atoms with Crippen molar-refractivity contribution in [3.05, 3.63) is 41.9 Å². The Morgan fingerprint density at radius 3 is 2.97 bits per heavy atom. The maximum absolute atomic E-state index is 10.7. The normalized spacial score (nSPS) is 16.8. The molecule has 4 rings (SSSR count). The summed E-state index contributed by atoms with van der Waals surface area (Å²) in [6.45, 7) is 2.45. The van der Waals surface area contributed by atoms with Gasteiger partial charge in [-0.2, -0.15) is 0 Å². The van der Waals surface area contributed by atoms with Crippen LogP contribution in [0.1, 0.15) is 25.7 Å². The van der Waals surface area contributed by atoms with Gasteiger partial charge in [0, 0.05) is 36.9 Å². The minimum Gasteiger partial charge on any atom is -0.495 e. The number of hydrogen-bond acceptors (Lipinski definition) is 6. The van der Waals surface area contributed by atoms with Gasteiger partial charge in [-0.05, 0) is 30.9 Å². The van der Waals surface area contributed by atoms with Crippen molar-refractivity contribution in [1.29, 1.82) is 0 Å². The molecule has 2 aromatic heterocycles. The lowest BCUT2D eigenvalue weighted by Crippen LogP contribution is -2.31. The van der Waals surface area contributed by atoms with Gasteiger partial charge in [-0.15, -0.1) is 0 Å². The summed E-state index contributed by atoms with van der Waals surface area (Å²) in [5.41, 5.74) is 1.64. The average molecular weight is 459 g/mol. The average Bonchev–Trinajstić information content (AvgIpc) is 3.22. The third-order valence-corrected chi connectivity index (χ3v) is 6.12. The maximum atomic E-state index is 10.7. The standard InChI is InChI=1S/C23H27ClN4O4/c1-31-19-6-5-17-18(28-10-8-25-15-28)12-20(26-23(17)22(19)24)27-9-3-2-4-16(13-27)14-32-11-7-21(29)30/h5-6,8,10,12,15-16H,2-4,7,9,11,13-14H2,1H3,(H,29,30). The molecule has 1 unspecified atom stereocenters. The van der Waals surface area contributed by atoms with Crippen LogP contribution in [0.25, 0.3) is 16.6 Å². The molecule has 0 radical (unpaired) electrons. The first-order chi connectivity index (χ1) is 15.6. The fourth-order valence-electron chi connectivity index (χ4n) is 4.13. The van der Waals surface area contributed by atoms with Gasteiger partial charge in [-0.25, -0.2) is 9.97 Å². The highest BCUT2D eigenvalue weighted by molar-refractivity contribution is 6.36. The number of imidazole rings is 1. The fraction of sp³-hybridized carbons (Fsp3) is 0.435. The molecule has 0 saturated carbocycles. The first-order valence-corrected chi connectivity index (χ1v) is 11.1. The zero-order valence-corrected chi connectivity index (χ0v) is 18.8. The number of aromatic nitrogens is 3. The molecule has 8 nitrogen and oxygen atoms in total. The quantitative estimate of drug-likeness (QED) is 0.506. The van der Waals surface area contributed by atoms with Gasteiger partial charge >= 0.3 is 5.97 Å². The summed E-state index contributed by atoms with van der Waals surface area (Å²) < 4.78 is 13.0. The Morgan fingerprint density at radius 2 is 2.22 bits per heavy atom. The van der Waals surface area contributed by atoms with Crippen LogP contribution in [-0.4, -0.2) is 59.0 Å². The topological polar surface area (TPSA) is 89.7 Å². The zero-order valence-electron chi connectivity index (χ0n) is 18.0. The molecule has 32 heavy (non-hydrogen) atoms. The third kappa shape index (κ3) is 4.97. The monoisotopic (exact) mass is 458 g/mol. The summed E-state index contributed by atoms with van der Waals surface area (Å²) in [6.07, 6.45) is 8.62. The maximum Gasteiger partial charge on any atom is 0.305 e. The Morgan fingerprint density at radius 1 is 1.34 bits per heavy atom. The summed E-state index contributed by atoms with van der Waals surface area (Å²) in [5.74, 6) is 0.892. The fourth-order valence-corrected chi connectivity index (χ4v) is 4.41. The number of anilines is 1. The highest BCUT2D eigenvalue weighted by Gasteiger charge is 2.22. The van der Waals surface area contributed by atoms with Crippen LogP contribution in [0.2, 0.25) is 5.02 Å². The number of hydrogen-bond donors (Lipinski definition) is 1. The molecule has 1 fully saturated rings. The van der Waals surface area contributed by atoms with Crippen molar-refractivity contribution in [1.82, 2.24) is 14.5 Å². The molecule has 0 spiro atoms. The molecule has 0 aliphatic carbocycles. The minimum absolute atomic E-state index is 0.0251. The van der Waals surface area contributed by atoms with E-state index in [0.717, 1.165) is 49.2 Å². The SMILES string of the molecule is COc1ccc2c(-n3ccnc3)cc(N3CCCCC(COCCC(=O)O)C3)nc2c1Cl. The van der Waals surface area contributed by atoms with Gasteiger partial charge in [0.15, 0.2) is 0 Å². The molecule has 0 amide bonds. The van der Waals surface area contributed by atoms with Gasteiger partial charge in [0.2, 0.25) is 0 Å². The van der Waals surface area contributed by atoms with Crippen molar-refractivity contribution in [3.8, 4) is 11.4 Å². The van der Waals surface area contributed by atoms with Crippen molar-refractivity contribution in [3.63, 3.8) is 0 Å². The van der Waals surface area contributed by atoms with Gasteiger partial charge in [0.1, 0.15) is 16.6 Å². The summed E-state index contributed by atoms with van der Waals surface area (Å²) in [4.78, 5) is 22.1. The Labute approximate surface area is 191 Å². The number of pyridine rings is 1. The number of aliphatic carboxylic acids is 1. The Hall–Kier alpha value is -2.84. The van der Waals surface area contributed by atoms with E-state index >= 15 is 0 Å². The summed E-state index contributed by atoms with van der Waals surface area (Å²) >= 11 is 6.66. The second-order valence-electron chi connectivity index (χ2n) is 7.97. The summed E-state index contributed by atoms with van der Waals surface area (Å²) in [6, 6.07) is 5.89. The molecular weight excluding hydrogens is 432 g/mol. The van der Waals surface area contributed by atoms with E-state index in [9.17, 15) is 4.79 Å². The van der Waals surface area contributed by atoms with E-state index in [2.05, 4.69) is 16.0 Å². The predicted molar refractivity (Wildman–Crippen MR) is 123 cm³/mol. The van der Waals surface area contributed by atoms with Gasteiger partial charge in [0.25, 0.3) is 0 Å². The Bertz CT molecular complexity index is 1070. The first-order valence-electron chi connectivity index (χ1n) is 10.8. The van der Waals surface area contributed by atoms with Crippen LogP contribution in [0, 0.1) is 5.92 Å². The molecule has 1 aliphatic heterocycles. The van der Waals surface area contributed by atoms with E-state index in [1.54, 1.807) is 19.6 Å². The molecule has 1 saturated heterocycles. The number of carboxylic acid groups (broad SMARTS) is 1. The Balaban J connectivity index is 1.66. The lowest BCUT2D eigenvalue weighted by Gasteiger charge is -2.26. The van der Waals surface area contributed by atoms with Crippen LogP contribution in [0.5, 0.6) is 5.75 Å². The van der Waals surface area contributed by atoms with Crippen molar-refractivity contribution in [2.45, 2.75) is 25.7 Å². The van der Waals surface area contributed by atoms with Gasteiger partial charge < -0.3 is 24.0 Å². The van der Waals surface area contributed by atoms with E-state index in [-0.39, 0.29) is 13.0 Å². The van der Waals surface area contributed by atoms with Gasteiger partial charge in [-0.3, -0.25) is 4.79 Å². The number of methoxy groups -OCH3 is 1. The number of carboxylic acids is 1. The largest absolute Gasteiger partial charge is 0.495 e. The van der Waals surface area contributed by atoms with Crippen LogP contribution < -0.4 is 9.64 Å². The van der Waals surface area contributed by atoms with E-state index in [4.69, 9.17) is 31.2 Å². The molecule has 1 aliphatic rings. The molecular formula is C23H27ClN4O4. The second kappa shape index (κ2) is 10.2. The predicted octanol–water partition coefficient (Wildman–Crippen LogP) is 4.18. The van der Waals surface area contributed by atoms with Gasteiger partial charge in [0.05, 0.1) is 44.3 Å². The number of rotatable bonds is 8. The number of nitrogens with zero attached hydrogens (tertiary/aromatic N) is 4. The number of carbonyl (C=O) groups is 1. The number of benzene rings is 1. The highest BCUT2D eigenvalue weighted by atomic mass is 35.5. The van der Waals surface area contributed by atoms with Gasteiger partial charge in [-0.1, -0.05) is 18.0 Å². The van der Waals surface area contributed by atoms with E-state index in [1.165, 1.54) is 0 Å². The van der Waals surface area contributed by atoms with Crippen LogP contribution >= 0.6 is 11.6 Å². The third-order valence-electron chi connectivity index (χ3n) is 5.76. The smallest absolute Gasteiger partial charge is 0.305 e. The molecule has 170 valence electrons. The molecule has 3 aromatic rings. The van der Waals surface area contributed by atoms with E-state index in [1.807, 2.05) is 22.9 Å². The molecule has 1 atom stereocenters. The Kier molecular flexibility index (Phi) is 7.12. The second-order valence-corrected chi connectivity index (χ2v) is 8.35. The molecule has 1 aromatic carbocycles. The molecule has 9 heteroatoms. The molecule has 0 bridgehead atoms. The van der Waals surface area contributed by atoms with Crippen LogP contribution in [0.15, 0.2) is 36.9 Å². The molecule has 1 N–H and O–H groups in total. The first kappa shape index (κ1) is 22.4. The van der Waals surface area contributed by atoms with Crippen molar-refractivity contribution < 1.29 is 19.4 Å². The van der Waals surface area contributed by atoms with Crippen LogP contribution in [0.3, 0.4) is 0 Å². The van der Waals surface area contributed by atoms with Crippen molar-refractivity contribution in [2.24, 2.45) is 5.92 Å². The molecule has 3 heterocycles.